The fraction of sp³-hybridized carbons (Fsp3) is 0.750. The van der Waals surface area contributed by atoms with Gasteiger partial charge < -0.3 is 9.47 Å². The topological polar surface area (TPSA) is 35.5 Å². The maximum atomic E-state index is 13.7. The highest BCUT2D eigenvalue weighted by Crippen LogP contribution is 2.72. The van der Waals surface area contributed by atoms with Gasteiger partial charge in [0, 0.05) is 19.1 Å². The highest BCUT2D eigenvalue weighted by atomic mass is 16.5. The van der Waals surface area contributed by atoms with Crippen LogP contribution in [0.15, 0.2) is 41.5 Å². The van der Waals surface area contributed by atoms with E-state index in [0.29, 0.717) is 53.5 Å². The van der Waals surface area contributed by atoms with E-state index in [4.69, 9.17) is 9.47 Å². The Balaban J connectivity index is 1.35. The Hall–Kier alpha value is -1.45. The van der Waals surface area contributed by atoms with Crippen molar-refractivity contribution in [2.45, 2.75) is 118 Å². The van der Waals surface area contributed by atoms with Crippen molar-refractivity contribution >= 4 is 5.78 Å². The average Bonchev–Trinajstić information content (AvgIpc) is 3.20. The summed E-state index contributed by atoms with van der Waals surface area (Å²) in [5.41, 5.74) is 4.29. The molecule has 0 amide bonds. The first kappa shape index (κ1) is 27.7. The zero-order valence-corrected chi connectivity index (χ0v) is 25.6. The zero-order valence-electron chi connectivity index (χ0n) is 25.6. The van der Waals surface area contributed by atoms with Gasteiger partial charge in [-0.1, -0.05) is 71.9 Å². The lowest BCUT2D eigenvalue weighted by atomic mass is 9.37. The molecule has 0 aromatic heterocycles. The first-order valence-corrected chi connectivity index (χ1v) is 16.0. The summed E-state index contributed by atoms with van der Waals surface area (Å²) in [6, 6.07) is 10.5. The summed E-state index contributed by atoms with van der Waals surface area (Å²) < 4.78 is 13.0. The third-order valence-corrected chi connectivity index (χ3v) is 13.1. The molecule has 4 saturated carbocycles. The molecule has 0 aliphatic heterocycles. The van der Waals surface area contributed by atoms with Crippen LogP contribution >= 0.6 is 0 Å². The van der Waals surface area contributed by atoms with E-state index in [1.165, 1.54) is 56.1 Å². The summed E-state index contributed by atoms with van der Waals surface area (Å²) in [5, 5.41) is 0. The predicted octanol–water partition coefficient (Wildman–Crippen LogP) is 8.56. The molecule has 6 rings (SSSR count). The van der Waals surface area contributed by atoms with Crippen molar-refractivity contribution in [1.29, 1.82) is 0 Å². The van der Waals surface area contributed by atoms with Crippen LogP contribution in [0.4, 0.5) is 0 Å². The molecule has 3 nitrogen and oxygen atoms in total. The fourth-order valence-corrected chi connectivity index (χ4v) is 11.6. The number of carbonyl (C=O) groups excluding carboxylic acids is 1. The Morgan fingerprint density at radius 1 is 0.872 bits per heavy atom. The molecule has 0 spiro atoms. The maximum absolute atomic E-state index is 13.7. The number of carbonyl (C=O) groups is 1. The highest BCUT2D eigenvalue weighted by molar-refractivity contribution is 6.01. The number of allylic oxidation sites excluding steroid dienone is 1. The van der Waals surface area contributed by atoms with E-state index >= 15 is 0 Å². The van der Waals surface area contributed by atoms with Gasteiger partial charge in [-0.15, -0.1) is 0 Å². The SMILES string of the molecule is COC1CCC2(C)C(CCC3(C)C4CCC5(OCc6ccccc6)CC(=O)C(C(C)C)=C5C4CCC32)C1(C)C. The van der Waals surface area contributed by atoms with E-state index in [1.807, 2.05) is 7.11 Å². The van der Waals surface area contributed by atoms with E-state index in [-0.39, 0.29) is 11.3 Å². The number of methoxy groups -OCH3 is 1. The molecule has 214 valence electrons. The molecular weight excluding hydrogens is 480 g/mol. The number of hydrogen-bond donors (Lipinski definition) is 0. The second-order valence-electron chi connectivity index (χ2n) is 15.4. The summed E-state index contributed by atoms with van der Waals surface area (Å²) in [7, 11) is 1.92. The lowest BCUT2D eigenvalue weighted by Gasteiger charge is -2.68. The first-order chi connectivity index (χ1) is 18.5. The third kappa shape index (κ3) is 3.99. The molecular formula is C36H52O3. The smallest absolute Gasteiger partial charge is 0.162 e. The molecule has 3 heteroatoms. The maximum Gasteiger partial charge on any atom is 0.162 e. The van der Waals surface area contributed by atoms with Crippen LogP contribution in [-0.4, -0.2) is 24.6 Å². The number of ether oxygens (including phenoxy) is 2. The van der Waals surface area contributed by atoms with Gasteiger partial charge in [-0.05, 0) is 108 Å². The van der Waals surface area contributed by atoms with E-state index in [9.17, 15) is 4.79 Å². The minimum Gasteiger partial charge on any atom is -0.381 e. The molecule has 0 radical (unpaired) electrons. The van der Waals surface area contributed by atoms with Crippen LogP contribution < -0.4 is 0 Å². The monoisotopic (exact) mass is 532 g/mol. The summed E-state index contributed by atoms with van der Waals surface area (Å²) in [5.74, 6) is 3.23. The van der Waals surface area contributed by atoms with E-state index in [2.05, 4.69) is 71.9 Å². The number of Topliss-reactive ketones (excluding diaryl/α,β-unsaturated/α-hetero) is 1. The van der Waals surface area contributed by atoms with Crippen LogP contribution in [0, 0.1) is 45.8 Å². The Labute approximate surface area is 237 Å². The minimum absolute atomic E-state index is 0.220. The van der Waals surface area contributed by atoms with Crippen LogP contribution in [0.1, 0.15) is 105 Å². The molecule has 4 fully saturated rings. The Bertz CT molecular complexity index is 1130. The van der Waals surface area contributed by atoms with Crippen molar-refractivity contribution in [3.05, 3.63) is 47.0 Å². The van der Waals surface area contributed by atoms with Crippen molar-refractivity contribution in [2.24, 2.45) is 45.8 Å². The van der Waals surface area contributed by atoms with Crippen LogP contribution in [0.5, 0.6) is 0 Å². The Kier molecular flexibility index (Phi) is 6.78. The van der Waals surface area contributed by atoms with Crippen molar-refractivity contribution in [3.8, 4) is 0 Å². The van der Waals surface area contributed by atoms with Gasteiger partial charge in [-0.3, -0.25) is 4.79 Å². The van der Waals surface area contributed by atoms with Crippen LogP contribution in [0.3, 0.4) is 0 Å². The number of rotatable bonds is 5. The first-order valence-electron chi connectivity index (χ1n) is 16.0. The summed E-state index contributed by atoms with van der Waals surface area (Å²) in [4.78, 5) is 13.7. The van der Waals surface area contributed by atoms with Crippen molar-refractivity contribution in [3.63, 3.8) is 0 Å². The van der Waals surface area contributed by atoms with Crippen molar-refractivity contribution in [1.82, 2.24) is 0 Å². The Morgan fingerprint density at radius 2 is 1.59 bits per heavy atom. The number of ketones is 1. The average molecular weight is 533 g/mol. The van der Waals surface area contributed by atoms with Crippen molar-refractivity contribution in [2.75, 3.05) is 7.11 Å². The summed E-state index contributed by atoms with van der Waals surface area (Å²) in [6.07, 6.45) is 10.7. The van der Waals surface area contributed by atoms with E-state index < -0.39 is 5.60 Å². The highest BCUT2D eigenvalue weighted by Gasteiger charge is 2.66. The normalized spacial score (nSPS) is 43.1. The lowest BCUT2D eigenvalue weighted by Crippen LogP contribution is -2.63. The van der Waals surface area contributed by atoms with Gasteiger partial charge in [0.15, 0.2) is 5.78 Å². The summed E-state index contributed by atoms with van der Waals surface area (Å²) >= 11 is 0. The summed E-state index contributed by atoms with van der Waals surface area (Å²) in [6.45, 7) is 15.3. The molecule has 8 unspecified atom stereocenters. The molecule has 0 saturated heterocycles. The third-order valence-electron chi connectivity index (χ3n) is 13.1. The molecule has 0 heterocycles. The van der Waals surface area contributed by atoms with Crippen LogP contribution in [-0.2, 0) is 20.9 Å². The molecule has 0 N–H and O–H groups in total. The fourth-order valence-electron chi connectivity index (χ4n) is 11.6. The second kappa shape index (κ2) is 9.55. The van der Waals surface area contributed by atoms with Gasteiger partial charge in [0.1, 0.15) is 0 Å². The molecule has 1 aromatic carbocycles. The van der Waals surface area contributed by atoms with E-state index in [0.717, 1.165) is 17.9 Å². The van der Waals surface area contributed by atoms with Gasteiger partial charge >= 0.3 is 0 Å². The molecule has 39 heavy (non-hydrogen) atoms. The largest absolute Gasteiger partial charge is 0.381 e. The molecule has 8 atom stereocenters. The van der Waals surface area contributed by atoms with E-state index in [1.54, 1.807) is 0 Å². The van der Waals surface area contributed by atoms with Gasteiger partial charge in [0.05, 0.1) is 18.3 Å². The number of benzene rings is 1. The number of fused-ring (bicyclic) bond motifs is 7. The van der Waals surface area contributed by atoms with Gasteiger partial charge in [-0.25, -0.2) is 0 Å². The standard InChI is InChI=1S/C36H52O3/c1-23(2)31-27(37)21-36(39-22-24-11-9-8-10-12-24)20-15-26-25(32(31)36)13-14-29-34(26,5)18-16-28-33(3,4)30(38-7)17-19-35(28,29)6/h8-12,23,25-26,28-30H,13-22H2,1-7H3. The zero-order chi connectivity index (χ0) is 27.8. The molecule has 5 aliphatic rings. The quantitative estimate of drug-likeness (QED) is 0.381. The lowest BCUT2D eigenvalue weighted by molar-refractivity contribution is -0.210. The molecule has 0 bridgehead atoms. The van der Waals surface area contributed by atoms with Crippen LogP contribution in [0.2, 0.25) is 0 Å². The molecule has 1 aromatic rings. The predicted molar refractivity (Wildman–Crippen MR) is 157 cm³/mol. The second-order valence-corrected chi connectivity index (χ2v) is 15.4. The Morgan fingerprint density at radius 3 is 2.28 bits per heavy atom. The van der Waals surface area contributed by atoms with Gasteiger partial charge in [0.2, 0.25) is 0 Å². The van der Waals surface area contributed by atoms with Gasteiger partial charge in [-0.2, -0.15) is 0 Å². The molecule has 5 aliphatic carbocycles. The van der Waals surface area contributed by atoms with Crippen LogP contribution in [0.25, 0.3) is 0 Å². The number of hydrogen-bond acceptors (Lipinski definition) is 3. The van der Waals surface area contributed by atoms with Crippen molar-refractivity contribution < 1.29 is 14.3 Å². The van der Waals surface area contributed by atoms with Gasteiger partial charge in [0.25, 0.3) is 0 Å². The minimum atomic E-state index is -0.392.